The van der Waals surface area contributed by atoms with Gasteiger partial charge in [0.05, 0.1) is 0 Å². The van der Waals surface area contributed by atoms with Crippen molar-refractivity contribution in [3.63, 3.8) is 0 Å². The van der Waals surface area contributed by atoms with Gasteiger partial charge in [0.15, 0.2) is 0 Å². The third kappa shape index (κ3) is 4.97. The Morgan fingerprint density at radius 1 is 1.08 bits per heavy atom. The van der Waals surface area contributed by atoms with Crippen LogP contribution in [0.2, 0.25) is 0 Å². The van der Waals surface area contributed by atoms with Crippen LogP contribution >= 0.6 is 0 Å². The maximum Gasteiger partial charge on any atom is 0.219 e. The van der Waals surface area contributed by atoms with Crippen LogP contribution in [0.1, 0.15) is 51.5 Å². The molecule has 2 aliphatic rings. The van der Waals surface area contributed by atoms with Gasteiger partial charge in [0.1, 0.15) is 0 Å². The quantitative estimate of drug-likeness (QED) is 0.910. The van der Waals surface area contributed by atoms with E-state index in [1.54, 1.807) is 6.92 Å². The van der Waals surface area contributed by atoms with Crippen molar-refractivity contribution in [1.82, 2.24) is 10.2 Å². The Kier molecular flexibility index (Phi) is 6.35. The lowest BCUT2D eigenvalue weighted by atomic mass is 9.93. The van der Waals surface area contributed by atoms with E-state index in [9.17, 15) is 4.79 Å². The second-order valence-electron chi connectivity index (χ2n) is 7.79. The molecule has 138 valence electrons. The number of piperidine rings is 1. The molecular formula is C21H33N3O. The van der Waals surface area contributed by atoms with Crippen LogP contribution < -0.4 is 10.2 Å². The largest absolute Gasteiger partial charge is 0.372 e. The molecular weight excluding hydrogens is 310 g/mol. The summed E-state index contributed by atoms with van der Waals surface area (Å²) >= 11 is 0. The number of amides is 1. The molecule has 25 heavy (non-hydrogen) atoms. The first-order valence-electron chi connectivity index (χ1n) is 9.96. The molecule has 2 saturated heterocycles. The van der Waals surface area contributed by atoms with E-state index in [2.05, 4.69) is 41.4 Å². The average molecular weight is 344 g/mol. The Hall–Kier alpha value is -1.55. The first-order chi connectivity index (χ1) is 12.1. The molecule has 1 amide bonds. The summed E-state index contributed by atoms with van der Waals surface area (Å²) in [6, 6.07) is 9.60. The second-order valence-corrected chi connectivity index (χ2v) is 7.79. The molecule has 0 saturated carbocycles. The first kappa shape index (κ1) is 18.2. The van der Waals surface area contributed by atoms with Crippen molar-refractivity contribution in [3.05, 3.63) is 29.8 Å². The second kappa shape index (κ2) is 8.70. The van der Waals surface area contributed by atoms with Crippen LogP contribution in [0.5, 0.6) is 0 Å². The van der Waals surface area contributed by atoms with Gasteiger partial charge in [0, 0.05) is 51.4 Å². The lowest BCUT2D eigenvalue weighted by molar-refractivity contribution is -0.130. The summed E-state index contributed by atoms with van der Waals surface area (Å²) in [5.41, 5.74) is 2.72. The summed E-state index contributed by atoms with van der Waals surface area (Å²) in [7, 11) is 0. The number of nitrogens with zero attached hydrogens (tertiary/aromatic N) is 2. The minimum absolute atomic E-state index is 0.203. The van der Waals surface area contributed by atoms with Crippen molar-refractivity contribution in [2.75, 3.05) is 31.1 Å². The van der Waals surface area contributed by atoms with Gasteiger partial charge in [-0.3, -0.25) is 4.79 Å². The smallest absolute Gasteiger partial charge is 0.219 e. The van der Waals surface area contributed by atoms with E-state index >= 15 is 0 Å². The third-order valence-electron chi connectivity index (χ3n) is 5.83. The van der Waals surface area contributed by atoms with Gasteiger partial charge < -0.3 is 15.1 Å². The molecule has 0 aliphatic carbocycles. The van der Waals surface area contributed by atoms with Crippen molar-refractivity contribution >= 4 is 11.6 Å². The fourth-order valence-corrected chi connectivity index (χ4v) is 4.14. The van der Waals surface area contributed by atoms with Crippen LogP contribution in [0.15, 0.2) is 24.3 Å². The van der Waals surface area contributed by atoms with E-state index in [1.165, 1.54) is 50.0 Å². The van der Waals surface area contributed by atoms with Gasteiger partial charge in [0.2, 0.25) is 5.91 Å². The number of likely N-dealkylation sites (tertiary alicyclic amines) is 1. The Bertz CT molecular complexity index is 549. The molecule has 2 atom stereocenters. The molecule has 1 aromatic rings. The van der Waals surface area contributed by atoms with E-state index in [0.29, 0.717) is 12.0 Å². The normalized spacial score (nSPS) is 24.9. The SMILES string of the molecule is CC(=O)N1CC[C@H](NCc2ccc(N3CCCCCC3)cc2)[C@H](C)C1. The van der Waals surface area contributed by atoms with E-state index < -0.39 is 0 Å². The zero-order valence-corrected chi connectivity index (χ0v) is 15.8. The Balaban J connectivity index is 1.49. The van der Waals surface area contributed by atoms with Crippen molar-refractivity contribution in [3.8, 4) is 0 Å². The molecule has 0 unspecified atom stereocenters. The summed E-state index contributed by atoms with van der Waals surface area (Å²) in [6.45, 7) is 8.98. The molecule has 2 heterocycles. The Labute approximate surface area is 152 Å². The lowest BCUT2D eigenvalue weighted by Gasteiger charge is -2.37. The first-order valence-corrected chi connectivity index (χ1v) is 9.96. The highest BCUT2D eigenvalue weighted by molar-refractivity contribution is 5.73. The topological polar surface area (TPSA) is 35.6 Å². The molecule has 1 N–H and O–H groups in total. The molecule has 0 aromatic heterocycles. The third-order valence-corrected chi connectivity index (χ3v) is 5.83. The summed E-state index contributed by atoms with van der Waals surface area (Å²) in [5.74, 6) is 0.712. The van der Waals surface area contributed by atoms with Gasteiger partial charge >= 0.3 is 0 Å². The van der Waals surface area contributed by atoms with Crippen LogP contribution in [0.4, 0.5) is 5.69 Å². The molecule has 4 nitrogen and oxygen atoms in total. The van der Waals surface area contributed by atoms with Crippen LogP contribution in [0, 0.1) is 5.92 Å². The number of benzene rings is 1. The van der Waals surface area contributed by atoms with E-state index in [0.717, 1.165) is 26.1 Å². The average Bonchev–Trinajstić information content (AvgIpc) is 2.90. The van der Waals surface area contributed by atoms with Crippen LogP contribution in [0.25, 0.3) is 0 Å². The highest BCUT2D eigenvalue weighted by Gasteiger charge is 2.26. The molecule has 4 heteroatoms. The zero-order chi connectivity index (χ0) is 17.6. The fraction of sp³-hybridized carbons (Fsp3) is 0.667. The van der Waals surface area contributed by atoms with Gasteiger partial charge in [-0.25, -0.2) is 0 Å². The number of carbonyl (C=O) groups is 1. The minimum atomic E-state index is 0.203. The van der Waals surface area contributed by atoms with Crippen LogP contribution in [-0.4, -0.2) is 43.0 Å². The van der Waals surface area contributed by atoms with Crippen molar-refractivity contribution < 1.29 is 4.79 Å². The summed E-state index contributed by atoms with van der Waals surface area (Å²) in [6.07, 6.45) is 6.44. The van der Waals surface area contributed by atoms with Crippen molar-refractivity contribution in [2.24, 2.45) is 5.92 Å². The number of anilines is 1. The zero-order valence-electron chi connectivity index (χ0n) is 15.8. The van der Waals surface area contributed by atoms with Crippen molar-refractivity contribution in [1.29, 1.82) is 0 Å². The molecule has 2 fully saturated rings. The number of rotatable bonds is 4. The Morgan fingerprint density at radius 2 is 1.76 bits per heavy atom. The predicted molar refractivity (Wildman–Crippen MR) is 104 cm³/mol. The molecule has 0 radical (unpaired) electrons. The molecule has 3 rings (SSSR count). The Morgan fingerprint density at radius 3 is 2.36 bits per heavy atom. The van der Waals surface area contributed by atoms with Crippen molar-refractivity contribution in [2.45, 2.75) is 58.5 Å². The molecule has 1 aromatic carbocycles. The lowest BCUT2D eigenvalue weighted by Crippen LogP contribution is -2.49. The number of hydrogen-bond acceptors (Lipinski definition) is 3. The van der Waals surface area contributed by atoms with Gasteiger partial charge in [-0.2, -0.15) is 0 Å². The summed E-state index contributed by atoms with van der Waals surface area (Å²) in [5, 5.41) is 3.70. The number of hydrogen-bond donors (Lipinski definition) is 1. The minimum Gasteiger partial charge on any atom is -0.372 e. The van der Waals surface area contributed by atoms with E-state index in [1.807, 2.05) is 4.90 Å². The fourth-order valence-electron chi connectivity index (χ4n) is 4.14. The molecule has 2 aliphatic heterocycles. The summed E-state index contributed by atoms with van der Waals surface area (Å²) in [4.78, 5) is 16.0. The standard InChI is InChI=1S/C21H33N3O/c1-17-16-24(18(2)25)14-11-21(17)22-15-19-7-9-20(10-8-19)23-12-5-3-4-6-13-23/h7-10,17,21-22H,3-6,11-16H2,1-2H3/t17-,21+/m1/s1. The molecule has 0 spiro atoms. The number of carbonyl (C=O) groups excluding carboxylic acids is 1. The van der Waals surface area contributed by atoms with Gasteiger partial charge in [0.25, 0.3) is 0 Å². The maximum absolute atomic E-state index is 11.5. The van der Waals surface area contributed by atoms with Crippen LogP contribution in [-0.2, 0) is 11.3 Å². The highest BCUT2D eigenvalue weighted by atomic mass is 16.2. The van der Waals surface area contributed by atoms with Gasteiger partial charge in [-0.1, -0.05) is 31.9 Å². The monoisotopic (exact) mass is 343 g/mol. The predicted octanol–water partition coefficient (Wildman–Crippen LogP) is 3.41. The van der Waals surface area contributed by atoms with E-state index in [-0.39, 0.29) is 5.91 Å². The maximum atomic E-state index is 11.5. The van der Waals surface area contributed by atoms with Gasteiger partial charge in [-0.05, 0) is 42.9 Å². The summed E-state index contributed by atoms with van der Waals surface area (Å²) < 4.78 is 0. The van der Waals surface area contributed by atoms with E-state index in [4.69, 9.17) is 0 Å². The highest BCUT2D eigenvalue weighted by Crippen LogP contribution is 2.21. The van der Waals surface area contributed by atoms with Gasteiger partial charge in [-0.15, -0.1) is 0 Å². The number of nitrogens with one attached hydrogen (secondary N) is 1. The van der Waals surface area contributed by atoms with Crippen LogP contribution in [0.3, 0.4) is 0 Å². The molecule has 0 bridgehead atoms.